The zero-order chi connectivity index (χ0) is 27.2. The standard InChI is InChI=1S/C28H31Cl2N3O5/c1-17(2)11-21-16-37-24-8-6-20(30)14-22(24)27(35)31-9-3-4-10-33(15-26(34)32-21)28(36)25-13-18-12-19(29)5-7-23(18)38-25/h5-8,12-14,17,21H,3-4,9-11,15-16H2,1-2H3,(H,31,35)(H,32,34)/t21-/m0/s1. The number of nitrogens with one attached hydrogen (secondary N) is 2. The first-order valence-electron chi connectivity index (χ1n) is 12.7. The van der Waals surface area contributed by atoms with Gasteiger partial charge in [-0.15, -0.1) is 0 Å². The number of hydrogen-bond acceptors (Lipinski definition) is 5. The third-order valence-electron chi connectivity index (χ3n) is 6.20. The van der Waals surface area contributed by atoms with Crippen molar-refractivity contribution in [3.05, 3.63) is 63.8 Å². The van der Waals surface area contributed by atoms with E-state index in [0.717, 1.165) is 0 Å². The van der Waals surface area contributed by atoms with Gasteiger partial charge >= 0.3 is 0 Å². The Balaban J connectivity index is 1.56. The van der Waals surface area contributed by atoms with Crippen LogP contribution in [0.15, 0.2) is 46.9 Å². The van der Waals surface area contributed by atoms with Crippen LogP contribution in [0.5, 0.6) is 5.75 Å². The van der Waals surface area contributed by atoms with Crippen LogP contribution in [0.4, 0.5) is 0 Å². The summed E-state index contributed by atoms with van der Waals surface area (Å²) >= 11 is 12.2. The molecule has 0 saturated carbocycles. The fourth-order valence-corrected chi connectivity index (χ4v) is 4.79. The molecule has 38 heavy (non-hydrogen) atoms. The molecule has 0 unspecified atom stereocenters. The largest absolute Gasteiger partial charge is 0.491 e. The molecule has 3 amide bonds. The Labute approximate surface area is 231 Å². The van der Waals surface area contributed by atoms with E-state index in [-0.39, 0.29) is 48.6 Å². The third-order valence-corrected chi connectivity index (χ3v) is 6.67. The van der Waals surface area contributed by atoms with Crippen molar-refractivity contribution in [1.29, 1.82) is 0 Å². The lowest BCUT2D eigenvalue weighted by molar-refractivity contribution is -0.122. The molecule has 0 bridgehead atoms. The van der Waals surface area contributed by atoms with Crippen LogP contribution in [0.2, 0.25) is 10.0 Å². The molecule has 1 aromatic heterocycles. The molecular formula is C28H31Cl2N3O5. The highest BCUT2D eigenvalue weighted by Crippen LogP contribution is 2.25. The number of furan rings is 1. The number of nitrogens with zero attached hydrogens (tertiary/aromatic N) is 1. The summed E-state index contributed by atoms with van der Waals surface area (Å²) in [6.45, 7) is 4.82. The molecule has 2 heterocycles. The lowest BCUT2D eigenvalue weighted by Crippen LogP contribution is -2.46. The van der Waals surface area contributed by atoms with Gasteiger partial charge in [0.2, 0.25) is 5.91 Å². The monoisotopic (exact) mass is 559 g/mol. The number of carbonyl (C=O) groups excluding carboxylic acids is 3. The Bertz CT molecular complexity index is 1320. The van der Waals surface area contributed by atoms with Crippen molar-refractivity contribution in [3.8, 4) is 5.75 Å². The van der Waals surface area contributed by atoms with Crippen molar-refractivity contribution < 1.29 is 23.5 Å². The molecule has 3 aromatic rings. The molecule has 202 valence electrons. The predicted octanol–water partition coefficient (Wildman–Crippen LogP) is 5.32. The highest BCUT2D eigenvalue weighted by atomic mass is 35.5. The first-order chi connectivity index (χ1) is 18.2. The Kier molecular flexibility index (Phi) is 9.17. The lowest BCUT2D eigenvalue weighted by atomic mass is 10.0. The van der Waals surface area contributed by atoms with Gasteiger partial charge in [-0.25, -0.2) is 0 Å². The fourth-order valence-electron chi connectivity index (χ4n) is 4.43. The molecule has 1 aliphatic heterocycles. The normalized spacial score (nSPS) is 17.7. The van der Waals surface area contributed by atoms with E-state index in [2.05, 4.69) is 10.6 Å². The molecule has 0 spiro atoms. The highest BCUT2D eigenvalue weighted by Gasteiger charge is 2.25. The zero-order valence-corrected chi connectivity index (χ0v) is 22.9. The Hall–Kier alpha value is -3.23. The van der Waals surface area contributed by atoms with Crippen molar-refractivity contribution in [2.75, 3.05) is 26.2 Å². The van der Waals surface area contributed by atoms with Crippen LogP contribution in [0, 0.1) is 5.92 Å². The molecule has 8 nitrogen and oxygen atoms in total. The minimum Gasteiger partial charge on any atom is -0.491 e. The summed E-state index contributed by atoms with van der Waals surface area (Å²) in [5.74, 6) is -0.177. The number of ether oxygens (including phenoxy) is 1. The average Bonchev–Trinajstić information content (AvgIpc) is 3.28. The van der Waals surface area contributed by atoms with Crippen molar-refractivity contribution in [1.82, 2.24) is 15.5 Å². The third kappa shape index (κ3) is 7.20. The van der Waals surface area contributed by atoms with Gasteiger partial charge in [-0.2, -0.15) is 0 Å². The van der Waals surface area contributed by atoms with Gasteiger partial charge in [0, 0.05) is 28.5 Å². The minimum absolute atomic E-state index is 0.135. The molecule has 0 aliphatic carbocycles. The second kappa shape index (κ2) is 12.5. The van der Waals surface area contributed by atoms with Gasteiger partial charge in [-0.1, -0.05) is 37.0 Å². The van der Waals surface area contributed by atoms with Crippen molar-refractivity contribution in [3.63, 3.8) is 0 Å². The van der Waals surface area contributed by atoms with E-state index in [1.54, 1.807) is 42.5 Å². The average molecular weight is 560 g/mol. The van der Waals surface area contributed by atoms with E-state index in [0.29, 0.717) is 64.7 Å². The van der Waals surface area contributed by atoms with E-state index in [4.69, 9.17) is 32.4 Å². The second-order valence-electron chi connectivity index (χ2n) is 9.83. The summed E-state index contributed by atoms with van der Waals surface area (Å²) < 4.78 is 11.8. The van der Waals surface area contributed by atoms with Crippen molar-refractivity contribution in [2.24, 2.45) is 5.92 Å². The molecule has 0 fully saturated rings. The lowest BCUT2D eigenvalue weighted by Gasteiger charge is -2.25. The smallest absolute Gasteiger partial charge is 0.290 e. The van der Waals surface area contributed by atoms with Crippen LogP contribution in [0.25, 0.3) is 11.0 Å². The molecular weight excluding hydrogens is 529 g/mol. The maximum atomic E-state index is 13.4. The van der Waals surface area contributed by atoms with Crippen LogP contribution < -0.4 is 15.4 Å². The zero-order valence-electron chi connectivity index (χ0n) is 21.4. The Morgan fingerprint density at radius 3 is 2.63 bits per heavy atom. The number of rotatable bonds is 3. The summed E-state index contributed by atoms with van der Waals surface area (Å²) in [6.07, 6.45) is 1.82. The van der Waals surface area contributed by atoms with Crippen molar-refractivity contribution in [2.45, 2.75) is 39.2 Å². The van der Waals surface area contributed by atoms with Gasteiger partial charge in [0.05, 0.1) is 18.2 Å². The summed E-state index contributed by atoms with van der Waals surface area (Å²) in [6, 6.07) is 11.3. The number of carbonyl (C=O) groups is 3. The number of hydrogen-bond donors (Lipinski definition) is 2. The van der Waals surface area contributed by atoms with Gasteiger partial charge in [0.25, 0.3) is 11.8 Å². The van der Waals surface area contributed by atoms with Gasteiger partial charge in [-0.05, 0) is 67.6 Å². The Morgan fingerprint density at radius 2 is 1.84 bits per heavy atom. The summed E-state index contributed by atoms with van der Waals surface area (Å²) in [4.78, 5) is 40.9. The fraction of sp³-hybridized carbons (Fsp3) is 0.393. The summed E-state index contributed by atoms with van der Waals surface area (Å²) in [5.41, 5.74) is 0.876. The Morgan fingerprint density at radius 1 is 1.08 bits per heavy atom. The van der Waals surface area contributed by atoms with E-state index in [9.17, 15) is 14.4 Å². The molecule has 0 saturated heterocycles. The summed E-state index contributed by atoms with van der Waals surface area (Å²) in [7, 11) is 0. The molecule has 10 heteroatoms. The van der Waals surface area contributed by atoms with Gasteiger partial charge in [-0.3, -0.25) is 14.4 Å². The van der Waals surface area contributed by atoms with E-state index in [1.165, 1.54) is 4.90 Å². The predicted molar refractivity (Wildman–Crippen MR) is 147 cm³/mol. The van der Waals surface area contributed by atoms with Crippen LogP contribution in [0.3, 0.4) is 0 Å². The molecule has 2 N–H and O–H groups in total. The topological polar surface area (TPSA) is 101 Å². The van der Waals surface area contributed by atoms with Gasteiger partial charge in [0.1, 0.15) is 17.9 Å². The summed E-state index contributed by atoms with van der Waals surface area (Å²) in [5, 5.41) is 7.57. The SMILES string of the molecule is CC(C)C[C@H]1COc2ccc(Cl)cc2C(=O)NCCCCN(C(=O)c2cc3cc(Cl)ccc3o2)CC(=O)N1. The number of halogens is 2. The van der Waals surface area contributed by atoms with Crippen LogP contribution in [-0.4, -0.2) is 54.9 Å². The molecule has 2 aromatic carbocycles. The molecule has 1 aliphatic rings. The molecule has 0 radical (unpaired) electrons. The van der Waals surface area contributed by atoms with Gasteiger partial charge in [0.15, 0.2) is 5.76 Å². The number of fused-ring (bicyclic) bond motifs is 2. The first-order valence-corrected chi connectivity index (χ1v) is 13.4. The van der Waals surface area contributed by atoms with E-state index in [1.807, 2.05) is 13.8 Å². The van der Waals surface area contributed by atoms with Crippen LogP contribution in [0.1, 0.15) is 54.0 Å². The molecule has 4 rings (SSSR count). The van der Waals surface area contributed by atoms with E-state index >= 15 is 0 Å². The quantitative estimate of drug-likeness (QED) is 0.452. The van der Waals surface area contributed by atoms with Crippen LogP contribution in [-0.2, 0) is 4.79 Å². The minimum atomic E-state index is -0.389. The maximum Gasteiger partial charge on any atom is 0.290 e. The highest BCUT2D eigenvalue weighted by molar-refractivity contribution is 6.31. The first kappa shape index (κ1) is 27.8. The molecule has 1 atom stereocenters. The number of amides is 3. The second-order valence-corrected chi connectivity index (χ2v) is 10.7. The maximum absolute atomic E-state index is 13.4. The van der Waals surface area contributed by atoms with Crippen LogP contribution >= 0.6 is 23.2 Å². The van der Waals surface area contributed by atoms with Crippen molar-refractivity contribution >= 4 is 51.9 Å². The van der Waals surface area contributed by atoms with E-state index < -0.39 is 0 Å². The number of benzene rings is 2. The van der Waals surface area contributed by atoms with Gasteiger partial charge < -0.3 is 24.7 Å².